The molecule has 0 N–H and O–H groups in total. The van der Waals surface area contributed by atoms with Gasteiger partial charge in [0.2, 0.25) is 0 Å². The summed E-state index contributed by atoms with van der Waals surface area (Å²) >= 11 is 0. The van der Waals surface area contributed by atoms with E-state index in [-0.39, 0.29) is 22.9 Å². The summed E-state index contributed by atoms with van der Waals surface area (Å²) in [5, 5.41) is 0. The maximum atomic E-state index is 12.5. The van der Waals surface area contributed by atoms with Gasteiger partial charge in [0.25, 0.3) is 0 Å². The fraction of sp³-hybridized carbons (Fsp3) is 0.852. The molecule has 0 bridgehead atoms. The number of hydrogen-bond donors (Lipinski definition) is 0. The summed E-state index contributed by atoms with van der Waals surface area (Å²) in [6.07, 6.45) is 17.3. The SMILES string of the molecule is CCCCCCCC(=O)O[C@H]1CC[C@H]2[C@@H]3CCC4=CC(=O)CC[C@]4(C)[C@H]3CC[C@]12C. The van der Waals surface area contributed by atoms with Crippen molar-refractivity contribution in [3.63, 3.8) is 0 Å². The Kier molecular flexibility index (Phi) is 6.47. The van der Waals surface area contributed by atoms with Crippen LogP contribution in [0.2, 0.25) is 0 Å². The highest BCUT2D eigenvalue weighted by molar-refractivity contribution is 5.91. The quantitative estimate of drug-likeness (QED) is 0.340. The first-order valence-electron chi connectivity index (χ1n) is 12.8. The van der Waals surface area contributed by atoms with Crippen LogP contribution in [0, 0.1) is 28.6 Å². The van der Waals surface area contributed by atoms with Crippen LogP contribution in [0.15, 0.2) is 11.6 Å². The number of hydrogen-bond acceptors (Lipinski definition) is 3. The van der Waals surface area contributed by atoms with E-state index in [4.69, 9.17) is 4.74 Å². The number of esters is 1. The third-order valence-corrected chi connectivity index (χ3v) is 9.63. The van der Waals surface area contributed by atoms with Crippen LogP contribution in [0.5, 0.6) is 0 Å². The van der Waals surface area contributed by atoms with Crippen LogP contribution in [0.3, 0.4) is 0 Å². The van der Waals surface area contributed by atoms with E-state index in [2.05, 4.69) is 20.8 Å². The molecule has 30 heavy (non-hydrogen) atoms. The van der Waals surface area contributed by atoms with Crippen molar-refractivity contribution in [2.45, 2.75) is 117 Å². The van der Waals surface area contributed by atoms with E-state index in [1.54, 1.807) is 0 Å². The molecule has 3 heteroatoms. The summed E-state index contributed by atoms with van der Waals surface area (Å²) in [7, 11) is 0. The van der Waals surface area contributed by atoms with E-state index < -0.39 is 0 Å². The lowest BCUT2D eigenvalue weighted by molar-refractivity contribution is -0.160. The minimum absolute atomic E-state index is 0.0344. The van der Waals surface area contributed by atoms with Crippen LogP contribution in [0.25, 0.3) is 0 Å². The number of fused-ring (bicyclic) bond motifs is 5. The van der Waals surface area contributed by atoms with E-state index in [9.17, 15) is 9.59 Å². The Hall–Kier alpha value is -1.12. The molecule has 4 aliphatic carbocycles. The second-order valence-corrected chi connectivity index (χ2v) is 11.2. The van der Waals surface area contributed by atoms with E-state index in [1.807, 2.05) is 6.08 Å². The molecule has 0 aliphatic heterocycles. The number of unbranched alkanes of at least 4 members (excludes halogenated alkanes) is 4. The summed E-state index contributed by atoms with van der Waals surface area (Å²) in [6, 6.07) is 0. The zero-order chi connectivity index (χ0) is 21.4. The maximum absolute atomic E-state index is 12.5. The second kappa shape index (κ2) is 8.79. The number of carbonyl (C=O) groups excluding carboxylic acids is 2. The van der Waals surface area contributed by atoms with E-state index in [1.165, 1.54) is 50.5 Å². The van der Waals surface area contributed by atoms with Crippen LogP contribution < -0.4 is 0 Å². The summed E-state index contributed by atoms with van der Waals surface area (Å²) in [6.45, 7) is 7.08. The predicted molar refractivity (Wildman–Crippen MR) is 120 cm³/mol. The highest BCUT2D eigenvalue weighted by atomic mass is 16.5. The van der Waals surface area contributed by atoms with Gasteiger partial charge in [-0.1, -0.05) is 52.0 Å². The molecule has 0 amide bonds. The van der Waals surface area contributed by atoms with Gasteiger partial charge in [0.1, 0.15) is 6.10 Å². The normalized spacial score (nSPS) is 40.2. The zero-order valence-corrected chi connectivity index (χ0v) is 19.5. The molecule has 0 aromatic heterocycles. The topological polar surface area (TPSA) is 43.4 Å². The molecule has 0 saturated heterocycles. The molecule has 168 valence electrons. The molecule has 6 atom stereocenters. The zero-order valence-electron chi connectivity index (χ0n) is 19.5. The first kappa shape index (κ1) is 22.1. The Bertz CT molecular complexity index is 694. The van der Waals surface area contributed by atoms with Gasteiger partial charge in [-0.05, 0) is 80.6 Å². The van der Waals surface area contributed by atoms with Crippen LogP contribution in [0.1, 0.15) is 111 Å². The molecular weight excluding hydrogens is 372 g/mol. The number of ether oxygens (including phenoxy) is 1. The highest BCUT2D eigenvalue weighted by Crippen LogP contribution is 2.65. The summed E-state index contributed by atoms with van der Waals surface area (Å²) < 4.78 is 6.12. The molecule has 0 aromatic rings. The molecule has 3 fully saturated rings. The Balaban J connectivity index is 1.39. The monoisotopic (exact) mass is 414 g/mol. The molecule has 0 heterocycles. The van der Waals surface area contributed by atoms with Gasteiger partial charge in [-0.2, -0.15) is 0 Å². The van der Waals surface area contributed by atoms with Crippen molar-refractivity contribution in [3.05, 3.63) is 11.6 Å². The van der Waals surface area contributed by atoms with Gasteiger partial charge in [0, 0.05) is 18.3 Å². The van der Waals surface area contributed by atoms with Gasteiger partial charge in [0.05, 0.1) is 0 Å². The Morgan fingerprint density at radius 3 is 2.60 bits per heavy atom. The highest BCUT2D eigenvalue weighted by Gasteiger charge is 2.59. The van der Waals surface area contributed by atoms with Gasteiger partial charge < -0.3 is 4.74 Å². The lowest BCUT2D eigenvalue weighted by Crippen LogP contribution is -2.51. The average Bonchev–Trinajstić information content (AvgIpc) is 3.04. The molecule has 3 saturated carbocycles. The van der Waals surface area contributed by atoms with Crippen LogP contribution in [0.4, 0.5) is 0 Å². The van der Waals surface area contributed by atoms with E-state index in [0.717, 1.165) is 44.4 Å². The van der Waals surface area contributed by atoms with E-state index in [0.29, 0.717) is 24.0 Å². The summed E-state index contributed by atoms with van der Waals surface area (Å²) in [5.74, 6) is 2.49. The van der Waals surface area contributed by atoms with Crippen LogP contribution in [-0.4, -0.2) is 17.9 Å². The first-order valence-corrected chi connectivity index (χ1v) is 12.8. The standard InChI is InChI=1S/C27H42O3/c1-4-5-6-7-8-9-25(29)30-24-13-12-22-21-11-10-19-18-20(28)14-16-26(19,2)23(21)15-17-27(22,24)3/h18,21-24H,4-17H2,1-3H3/t21-,22-,23-,24-,26-,27-/m0/s1. The van der Waals surface area contributed by atoms with Crippen molar-refractivity contribution in [2.75, 3.05) is 0 Å². The van der Waals surface area contributed by atoms with Gasteiger partial charge in [-0.15, -0.1) is 0 Å². The van der Waals surface area contributed by atoms with Gasteiger partial charge in [0.15, 0.2) is 5.78 Å². The fourth-order valence-corrected chi connectivity index (χ4v) is 7.80. The number of allylic oxidation sites excluding steroid dienone is 1. The number of rotatable bonds is 7. The average molecular weight is 415 g/mol. The van der Waals surface area contributed by atoms with Gasteiger partial charge in [-0.25, -0.2) is 0 Å². The first-order chi connectivity index (χ1) is 14.4. The lowest BCUT2D eigenvalue weighted by Gasteiger charge is -2.57. The molecule has 0 spiro atoms. The van der Waals surface area contributed by atoms with Crippen molar-refractivity contribution in [2.24, 2.45) is 28.6 Å². The van der Waals surface area contributed by atoms with Crippen LogP contribution in [-0.2, 0) is 14.3 Å². The summed E-state index contributed by atoms with van der Waals surface area (Å²) in [4.78, 5) is 24.5. The molecular formula is C27H42O3. The number of carbonyl (C=O) groups is 2. The number of ketones is 1. The van der Waals surface area contributed by atoms with Crippen molar-refractivity contribution in [1.29, 1.82) is 0 Å². The minimum atomic E-state index is 0.0344. The van der Waals surface area contributed by atoms with Crippen molar-refractivity contribution >= 4 is 11.8 Å². The summed E-state index contributed by atoms with van der Waals surface area (Å²) in [5.41, 5.74) is 1.82. The van der Waals surface area contributed by atoms with Gasteiger partial charge >= 0.3 is 5.97 Å². The molecule has 3 nitrogen and oxygen atoms in total. The third kappa shape index (κ3) is 3.91. The minimum Gasteiger partial charge on any atom is -0.462 e. The smallest absolute Gasteiger partial charge is 0.306 e. The molecule has 4 rings (SSSR count). The largest absolute Gasteiger partial charge is 0.462 e. The van der Waals surface area contributed by atoms with Crippen LogP contribution >= 0.6 is 0 Å². The maximum Gasteiger partial charge on any atom is 0.306 e. The lowest BCUT2D eigenvalue weighted by atomic mass is 9.47. The predicted octanol–water partition coefficient (Wildman–Crippen LogP) is 6.79. The van der Waals surface area contributed by atoms with Crippen molar-refractivity contribution in [1.82, 2.24) is 0 Å². The van der Waals surface area contributed by atoms with Crippen molar-refractivity contribution < 1.29 is 14.3 Å². The second-order valence-electron chi connectivity index (χ2n) is 11.2. The Morgan fingerprint density at radius 2 is 1.80 bits per heavy atom. The Labute approximate surface area is 183 Å². The fourth-order valence-electron chi connectivity index (χ4n) is 7.80. The Morgan fingerprint density at radius 1 is 1.00 bits per heavy atom. The molecule has 0 unspecified atom stereocenters. The molecule has 0 radical (unpaired) electrons. The van der Waals surface area contributed by atoms with Crippen molar-refractivity contribution in [3.8, 4) is 0 Å². The molecule has 0 aromatic carbocycles. The molecule has 4 aliphatic rings. The van der Waals surface area contributed by atoms with Gasteiger partial charge in [-0.3, -0.25) is 9.59 Å². The third-order valence-electron chi connectivity index (χ3n) is 9.63. The van der Waals surface area contributed by atoms with E-state index >= 15 is 0 Å².